The average molecular weight is 356 g/mol. The molecule has 1 aromatic heterocycles. The summed E-state index contributed by atoms with van der Waals surface area (Å²) in [7, 11) is 0. The summed E-state index contributed by atoms with van der Waals surface area (Å²) in [4.78, 5) is 12.5. The van der Waals surface area contributed by atoms with Crippen LogP contribution in [0, 0.1) is 6.92 Å². The van der Waals surface area contributed by atoms with E-state index in [1.807, 2.05) is 19.1 Å². The van der Waals surface area contributed by atoms with Crippen LogP contribution in [-0.4, -0.2) is 22.5 Å². The molecule has 0 atom stereocenters. The number of halogens is 1. The highest BCUT2D eigenvalue weighted by Crippen LogP contribution is 2.34. The summed E-state index contributed by atoms with van der Waals surface area (Å²) in [5.74, 6) is 0.972. The van der Waals surface area contributed by atoms with Gasteiger partial charge in [-0.3, -0.25) is 4.79 Å². The van der Waals surface area contributed by atoms with Crippen molar-refractivity contribution in [1.29, 1.82) is 0 Å². The topological polar surface area (TPSA) is 65.4 Å². The number of nitrogens with zero attached hydrogens (tertiary/aromatic N) is 2. The second-order valence-electron chi connectivity index (χ2n) is 5.58. The Morgan fingerprint density at radius 3 is 2.84 bits per heavy atom. The van der Waals surface area contributed by atoms with Gasteiger partial charge in [0.2, 0.25) is 6.79 Å². The van der Waals surface area contributed by atoms with Gasteiger partial charge in [-0.2, -0.15) is 5.10 Å². The first kappa shape index (κ1) is 15.5. The van der Waals surface area contributed by atoms with Gasteiger partial charge in [-0.15, -0.1) is 0 Å². The van der Waals surface area contributed by atoms with Crippen molar-refractivity contribution >= 4 is 23.2 Å². The number of rotatable bonds is 3. The lowest BCUT2D eigenvalue weighted by molar-refractivity contribution is 0.102. The third-order valence-corrected chi connectivity index (χ3v) is 4.04. The molecule has 4 rings (SSSR count). The second-order valence-corrected chi connectivity index (χ2v) is 6.02. The Labute approximate surface area is 148 Å². The molecular weight excluding hydrogens is 342 g/mol. The van der Waals surface area contributed by atoms with Crippen LogP contribution < -0.4 is 14.8 Å². The lowest BCUT2D eigenvalue weighted by Gasteiger charge is -2.05. The van der Waals surface area contributed by atoms with Crippen molar-refractivity contribution in [2.24, 2.45) is 0 Å². The van der Waals surface area contributed by atoms with Gasteiger partial charge in [-0.1, -0.05) is 17.7 Å². The van der Waals surface area contributed by atoms with Crippen LogP contribution >= 0.6 is 11.6 Å². The number of aromatic nitrogens is 2. The summed E-state index contributed by atoms with van der Waals surface area (Å²) in [6.45, 7) is 2.07. The summed E-state index contributed by atoms with van der Waals surface area (Å²) >= 11 is 6.03. The summed E-state index contributed by atoms with van der Waals surface area (Å²) in [5, 5.41) is 7.80. The van der Waals surface area contributed by atoms with Crippen molar-refractivity contribution in [3.63, 3.8) is 0 Å². The molecule has 0 fully saturated rings. The first-order chi connectivity index (χ1) is 12.1. The van der Waals surface area contributed by atoms with Gasteiger partial charge < -0.3 is 14.8 Å². The number of benzene rings is 2. The van der Waals surface area contributed by atoms with E-state index in [-0.39, 0.29) is 12.7 Å². The summed E-state index contributed by atoms with van der Waals surface area (Å²) in [6.07, 6.45) is 0. The van der Waals surface area contributed by atoms with Crippen LogP contribution in [0.25, 0.3) is 5.69 Å². The van der Waals surface area contributed by atoms with E-state index in [0.717, 1.165) is 11.4 Å². The Morgan fingerprint density at radius 1 is 1.16 bits per heavy atom. The number of hydrogen-bond donors (Lipinski definition) is 1. The molecule has 1 aliphatic heterocycles. The molecule has 0 saturated carbocycles. The highest BCUT2D eigenvalue weighted by atomic mass is 35.5. The summed E-state index contributed by atoms with van der Waals surface area (Å²) in [5.41, 5.74) is 2.56. The smallest absolute Gasteiger partial charge is 0.276 e. The van der Waals surface area contributed by atoms with Crippen LogP contribution in [-0.2, 0) is 0 Å². The third kappa shape index (κ3) is 3.04. The van der Waals surface area contributed by atoms with Crippen molar-refractivity contribution in [1.82, 2.24) is 9.78 Å². The molecule has 2 aromatic carbocycles. The van der Waals surface area contributed by atoms with E-state index >= 15 is 0 Å². The number of fused-ring (bicyclic) bond motifs is 1. The molecule has 0 saturated heterocycles. The fourth-order valence-corrected chi connectivity index (χ4v) is 2.81. The van der Waals surface area contributed by atoms with E-state index in [4.69, 9.17) is 21.1 Å². The maximum absolute atomic E-state index is 12.5. The standard InChI is InChI=1S/C18H14ClN3O3/c1-11-7-15(21-22(11)14-4-2-3-12(19)8-14)18(23)20-13-5-6-16-17(9-13)25-10-24-16/h2-9H,10H2,1H3,(H,20,23). The predicted molar refractivity (Wildman–Crippen MR) is 93.8 cm³/mol. The van der Waals surface area contributed by atoms with Gasteiger partial charge in [0.25, 0.3) is 5.91 Å². The molecule has 6 nitrogen and oxygen atoms in total. The predicted octanol–water partition coefficient (Wildman–Crippen LogP) is 3.82. The minimum Gasteiger partial charge on any atom is -0.454 e. The van der Waals surface area contributed by atoms with Gasteiger partial charge in [0.15, 0.2) is 17.2 Å². The van der Waals surface area contributed by atoms with Gasteiger partial charge in [0.1, 0.15) is 0 Å². The van der Waals surface area contributed by atoms with Gasteiger partial charge in [-0.05, 0) is 43.3 Å². The number of hydrogen-bond acceptors (Lipinski definition) is 4. The fraction of sp³-hybridized carbons (Fsp3) is 0.111. The molecule has 0 unspecified atom stereocenters. The Balaban J connectivity index is 1.58. The van der Waals surface area contributed by atoms with E-state index in [2.05, 4.69) is 10.4 Å². The van der Waals surface area contributed by atoms with Gasteiger partial charge >= 0.3 is 0 Å². The number of aryl methyl sites for hydroxylation is 1. The fourth-order valence-electron chi connectivity index (χ4n) is 2.62. The Morgan fingerprint density at radius 2 is 2.00 bits per heavy atom. The van der Waals surface area contributed by atoms with E-state index in [1.54, 1.807) is 41.1 Å². The second kappa shape index (κ2) is 6.14. The molecule has 1 amide bonds. The van der Waals surface area contributed by atoms with Crippen LogP contribution in [0.5, 0.6) is 11.5 Å². The molecular formula is C18H14ClN3O3. The SMILES string of the molecule is Cc1cc(C(=O)Nc2ccc3c(c2)OCO3)nn1-c1cccc(Cl)c1. The number of carbonyl (C=O) groups excluding carboxylic acids is 1. The Hall–Kier alpha value is -2.99. The van der Waals surface area contributed by atoms with Gasteiger partial charge in [0, 0.05) is 22.5 Å². The quantitative estimate of drug-likeness (QED) is 0.775. The molecule has 2 heterocycles. The molecule has 25 heavy (non-hydrogen) atoms. The maximum atomic E-state index is 12.5. The molecule has 0 aliphatic carbocycles. The van der Waals surface area contributed by atoms with Crippen LogP contribution in [0.3, 0.4) is 0 Å². The zero-order valence-electron chi connectivity index (χ0n) is 13.3. The van der Waals surface area contributed by atoms with Crippen LogP contribution in [0.2, 0.25) is 5.02 Å². The monoisotopic (exact) mass is 355 g/mol. The molecule has 0 bridgehead atoms. The summed E-state index contributed by atoms with van der Waals surface area (Å²) < 4.78 is 12.3. The van der Waals surface area contributed by atoms with E-state index in [1.165, 1.54) is 0 Å². The minimum absolute atomic E-state index is 0.190. The number of carbonyl (C=O) groups is 1. The number of anilines is 1. The molecule has 0 radical (unpaired) electrons. The van der Waals surface area contributed by atoms with E-state index in [9.17, 15) is 4.79 Å². The minimum atomic E-state index is -0.303. The largest absolute Gasteiger partial charge is 0.454 e. The Bertz CT molecular complexity index is 968. The van der Waals surface area contributed by atoms with Crippen molar-refractivity contribution in [2.45, 2.75) is 6.92 Å². The molecule has 126 valence electrons. The van der Waals surface area contributed by atoms with E-state index < -0.39 is 0 Å². The maximum Gasteiger partial charge on any atom is 0.276 e. The lowest BCUT2D eigenvalue weighted by atomic mass is 10.2. The highest BCUT2D eigenvalue weighted by Gasteiger charge is 2.17. The average Bonchev–Trinajstić information content (AvgIpc) is 3.20. The first-order valence-corrected chi connectivity index (χ1v) is 8.01. The zero-order chi connectivity index (χ0) is 17.4. The van der Waals surface area contributed by atoms with Gasteiger partial charge in [-0.25, -0.2) is 4.68 Å². The number of nitrogens with one attached hydrogen (secondary N) is 1. The summed E-state index contributed by atoms with van der Waals surface area (Å²) in [6, 6.07) is 14.3. The lowest BCUT2D eigenvalue weighted by Crippen LogP contribution is -2.13. The van der Waals surface area contributed by atoms with Crippen molar-refractivity contribution in [3.05, 3.63) is 64.9 Å². The van der Waals surface area contributed by atoms with Crippen LogP contribution in [0.15, 0.2) is 48.5 Å². The van der Waals surface area contributed by atoms with Crippen LogP contribution in [0.1, 0.15) is 16.2 Å². The first-order valence-electron chi connectivity index (χ1n) is 7.64. The number of amides is 1. The van der Waals surface area contributed by atoms with Crippen molar-refractivity contribution < 1.29 is 14.3 Å². The van der Waals surface area contributed by atoms with E-state index in [0.29, 0.717) is 27.9 Å². The van der Waals surface area contributed by atoms with Gasteiger partial charge in [0.05, 0.1) is 5.69 Å². The van der Waals surface area contributed by atoms with Crippen LogP contribution in [0.4, 0.5) is 5.69 Å². The zero-order valence-corrected chi connectivity index (χ0v) is 14.1. The normalized spacial score (nSPS) is 12.2. The molecule has 7 heteroatoms. The van der Waals surface area contributed by atoms with Crippen molar-refractivity contribution in [2.75, 3.05) is 12.1 Å². The highest BCUT2D eigenvalue weighted by molar-refractivity contribution is 6.30. The third-order valence-electron chi connectivity index (χ3n) is 3.80. The molecule has 1 N–H and O–H groups in total. The molecule has 1 aliphatic rings. The molecule has 0 spiro atoms. The Kier molecular flexibility index (Phi) is 3.82. The number of ether oxygens (including phenoxy) is 2. The molecule has 3 aromatic rings. The van der Waals surface area contributed by atoms with Crippen molar-refractivity contribution in [3.8, 4) is 17.2 Å².